The molecule has 0 bridgehead atoms. The molecule has 0 spiro atoms. The second-order valence-electron chi connectivity index (χ2n) is 4.30. The van der Waals surface area contributed by atoms with E-state index < -0.39 is 11.6 Å². The Labute approximate surface area is 112 Å². The Hall–Kier alpha value is -0.610. The Morgan fingerprint density at radius 1 is 1.11 bits per heavy atom. The molecule has 0 saturated heterocycles. The molecule has 0 aromatic heterocycles. The van der Waals surface area contributed by atoms with Gasteiger partial charge in [-0.2, -0.15) is 11.8 Å². The summed E-state index contributed by atoms with van der Waals surface area (Å²) in [5.41, 5.74) is 0.400. The van der Waals surface area contributed by atoms with E-state index in [9.17, 15) is 8.78 Å². The first kappa shape index (κ1) is 15.4. The van der Waals surface area contributed by atoms with Crippen molar-refractivity contribution < 1.29 is 8.78 Å². The first-order valence-corrected chi connectivity index (χ1v) is 7.77. The van der Waals surface area contributed by atoms with Crippen LogP contribution in [0.25, 0.3) is 0 Å². The molecule has 0 aliphatic rings. The fourth-order valence-electron chi connectivity index (χ4n) is 1.76. The number of nitrogens with one attached hydrogen (secondary N) is 1. The van der Waals surface area contributed by atoms with E-state index in [1.54, 1.807) is 6.07 Å². The minimum absolute atomic E-state index is 0.397. The van der Waals surface area contributed by atoms with E-state index in [0.717, 1.165) is 19.0 Å². The summed E-state index contributed by atoms with van der Waals surface area (Å²) in [5.74, 6) is -0.279. The summed E-state index contributed by atoms with van der Waals surface area (Å²) in [5, 5.41) is 3.15. The molecular weight excluding hydrogens is 252 g/mol. The minimum Gasteiger partial charge on any atom is -0.313 e. The molecule has 1 rings (SSSR count). The highest BCUT2D eigenvalue weighted by molar-refractivity contribution is 7.98. The summed E-state index contributed by atoms with van der Waals surface area (Å²) < 4.78 is 26.2. The van der Waals surface area contributed by atoms with Crippen LogP contribution in [0.5, 0.6) is 0 Å². The van der Waals surface area contributed by atoms with Gasteiger partial charge in [-0.05, 0) is 37.5 Å². The molecule has 1 aromatic rings. The topological polar surface area (TPSA) is 12.0 Å². The molecule has 0 fully saturated rings. The summed E-state index contributed by atoms with van der Waals surface area (Å²) >= 11 is 1.88. The first-order chi connectivity index (χ1) is 8.75. The molecule has 0 heterocycles. The third-order valence-electron chi connectivity index (χ3n) is 2.80. The Morgan fingerprint density at radius 2 is 1.89 bits per heavy atom. The fraction of sp³-hybridized carbons (Fsp3) is 0.571. The van der Waals surface area contributed by atoms with Crippen LogP contribution in [-0.2, 0) is 6.54 Å². The number of benzene rings is 1. The zero-order chi connectivity index (χ0) is 13.2. The van der Waals surface area contributed by atoms with Crippen LogP contribution in [0.1, 0.15) is 31.2 Å². The van der Waals surface area contributed by atoms with Gasteiger partial charge in [0.1, 0.15) is 0 Å². The van der Waals surface area contributed by atoms with Gasteiger partial charge in [-0.15, -0.1) is 0 Å². The van der Waals surface area contributed by atoms with Crippen LogP contribution in [0.2, 0.25) is 0 Å². The molecular formula is C14H21F2NS. The first-order valence-electron chi connectivity index (χ1n) is 6.38. The monoisotopic (exact) mass is 273 g/mol. The molecule has 0 saturated carbocycles. The molecule has 1 N–H and O–H groups in total. The van der Waals surface area contributed by atoms with Gasteiger partial charge in [0.2, 0.25) is 0 Å². The maximum Gasteiger partial charge on any atom is 0.163 e. The second kappa shape index (κ2) is 9.34. The molecule has 4 heteroatoms. The van der Waals surface area contributed by atoms with Crippen LogP contribution in [0.15, 0.2) is 18.2 Å². The normalized spacial score (nSPS) is 10.8. The number of halogens is 2. The van der Waals surface area contributed by atoms with Crippen LogP contribution in [0.3, 0.4) is 0 Å². The lowest BCUT2D eigenvalue weighted by molar-refractivity contribution is 0.491. The Kier molecular flexibility index (Phi) is 8.01. The van der Waals surface area contributed by atoms with Gasteiger partial charge in [-0.1, -0.05) is 25.0 Å². The van der Waals surface area contributed by atoms with Crippen molar-refractivity contribution in [2.45, 2.75) is 32.2 Å². The minimum atomic E-state index is -0.772. The molecule has 1 aromatic carbocycles. The summed E-state index contributed by atoms with van der Waals surface area (Å²) in [6.07, 6.45) is 6.91. The number of hydrogen-bond acceptors (Lipinski definition) is 2. The van der Waals surface area contributed by atoms with Gasteiger partial charge in [-0.3, -0.25) is 0 Å². The van der Waals surface area contributed by atoms with Crippen LogP contribution >= 0.6 is 11.8 Å². The molecule has 0 atom stereocenters. The highest BCUT2D eigenvalue weighted by Gasteiger charge is 2.06. The summed E-state index contributed by atoms with van der Waals surface area (Å²) in [6.45, 7) is 1.25. The van der Waals surface area contributed by atoms with Crippen molar-refractivity contribution in [2.24, 2.45) is 0 Å². The van der Waals surface area contributed by atoms with E-state index in [1.165, 1.54) is 31.1 Å². The number of rotatable bonds is 9. The largest absolute Gasteiger partial charge is 0.313 e. The average Bonchev–Trinajstić information content (AvgIpc) is 2.37. The molecule has 1 nitrogen and oxygen atoms in total. The van der Waals surface area contributed by atoms with Crippen molar-refractivity contribution in [3.05, 3.63) is 35.4 Å². The zero-order valence-electron chi connectivity index (χ0n) is 10.8. The quantitative estimate of drug-likeness (QED) is 0.683. The standard InChI is InChI=1S/C14H21F2NS/c1-18-10-5-3-2-4-9-17-11-12-7-6-8-13(15)14(12)16/h6-8,17H,2-5,9-11H2,1H3. The maximum atomic E-state index is 13.3. The Balaban J connectivity index is 2.09. The number of thioether (sulfide) groups is 1. The van der Waals surface area contributed by atoms with Crippen molar-refractivity contribution in [1.82, 2.24) is 5.32 Å². The van der Waals surface area contributed by atoms with Crippen molar-refractivity contribution in [3.8, 4) is 0 Å². The molecule has 0 radical (unpaired) electrons. The molecule has 102 valence electrons. The third kappa shape index (κ3) is 5.83. The average molecular weight is 273 g/mol. The smallest absolute Gasteiger partial charge is 0.163 e. The lowest BCUT2D eigenvalue weighted by Crippen LogP contribution is -2.16. The van der Waals surface area contributed by atoms with E-state index >= 15 is 0 Å². The van der Waals surface area contributed by atoms with E-state index in [-0.39, 0.29) is 0 Å². The molecule has 0 unspecified atom stereocenters. The van der Waals surface area contributed by atoms with Crippen molar-refractivity contribution in [2.75, 3.05) is 18.6 Å². The number of unbranched alkanes of at least 4 members (excludes halogenated alkanes) is 3. The predicted molar refractivity (Wildman–Crippen MR) is 74.9 cm³/mol. The Morgan fingerprint density at radius 3 is 2.67 bits per heavy atom. The summed E-state index contributed by atoms with van der Waals surface area (Å²) in [4.78, 5) is 0. The molecule has 18 heavy (non-hydrogen) atoms. The van der Waals surface area contributed by atoms with Crippen molar-refractivity contribution in [3.63, 3.8) is 0 Å². The summed E-state index contributed by atoms with van der Waals surface area (Å²) in [6, 6.07) is 4.30. The lowest BCUT2D eigenvalue weighted by Gasteiger charge is -2.06. The molecule has 0 amide bonds. The third-order valence-corrected chi connectivity index (χ3v) is 3.50. The lowest BCUT2D eigenvalue weighted by atomic mass is 10.2. The maximum absolute atomic E-state index is 13.3. The van der Waals surface area contributed by atoms with E-state index in [0.29, 0.717) is 12.1 Å². The van der Waals surface area contributed by atoms with Crippen molar-refractivity contribution in [1.29, 1.82) is 0 Å². The van der Waals surface area contributed by atoms with Crippen LogP contribution in [0, 0.1) is 11.6 Å². The van der Waals surface area contributed by atoms with Crippen LogP contribution in [-0.4, -0.2) is 18.6 Å². The van der Waals surface area contributed by atoms with E-state index in [1.807, 2.05) is 11.8 Å². The van der Waals surface area contributed by atoms with Gasteiger partial charge in [0.25, 0.3) is 0 Å². The van der Waals surface area contributed by atoms with Crippen molar-refractivity contribution >= 4 is 11.8 Å². The Bertz CT molecular complexity index is 345. The van der Waals surface area contributed by atoms with Gasteiger partial charge < -0.3 is 5.32 Å². The summed E-state index contributed by atoms with van der Waals surface area (Å²) in [7, 11) is 0. The van der Waals surface area contributed by atoms with Gasteiger partial charge >= 0.3 is 0 Å². The fourth-order valence-corrected chi connectivity index (χ4v) is 2.25. The highest BCUT2D eigenvalue weighted by atomic mass is 32.2. The van der Waals surface area contributed by atoms with Gasteiger partial charge in [0.15, 0.2) is 11.6 Å². The van der Waals surface area contributed by atoms with Gasteiger partial charge in [0, 0.05) is 12.1 Å². The second-order valence-corrected chi connectivity index (χ2v) is 5.28. The zero-order valence-corrected chi connectivity index (χ0v) is 11.7. The van der Waals surface area contributed by atoms with Crippen LogP contribution < -0.4 is 5.32 Å². The molecule has 0 aliphatic heterocycles. The predicted octanol–water partition coefficient (Wildman–Crippen LogP) is 3.98. The highest BCUT2D eigenvalue weighted by Crippen LogP contribution is 2.11. The van der Waals surface area contributed by atoms with Gasteiger partial charge in [-0.25, -0.2) is 8.78 Å². The SMILES string of the molecule is CSCCCCCCNCc1cccc(F)c1F. The van der Waals surface area contributed by atoms with Gasteiger partial charge in [0.05, 0.1) is 0 Å². The molecule has 0 aliphatic carbocycles. The van der Waals surface area contributed by atoms with Crippen LogP contribution in [0.4, 0.5) is 8.78 Å². The van der Waals surface area contributed by atoms with E-state index in [2.05, 4.69) is 11.6 Å². The van der Waals surface area contributed by atoms with E-state index in [4.69, 9.17) is 0 Å². The number of hydrogen-bond donors (Lipinski definition) is 1.